The van der Waals surface area contributed by atoms with E-state index in [0.717, 1.165) is 29.2 Å². The van der Waals surface area contributed by atoms with E-state index in [0.29, 0.717) is 11.8 Å². The molecular weight excluding hydrogens is 248 g/mol. The summed E-state index contributed by atoms with van der Waals surface area (Å²) in [5, 5.41) is 0.979. The van der Waals surface area contributed by atoms with Gasteiger partial charge in [0.15, 0.2) is 0 Å². The van der Waals surface area contributed by atoms with E-state index < -0.39 is 0 Å². The van der Waals surface area contributed by atoms with E-state index in [-0.39, 0.29) is 0 Å². The fraction of sp³-hybridized carbons (Fsp3) is 0.500. The summed E-state index contributed by atoms with van der Waals surface area (Å²) >= 11 is 1.62. The Balaban J connectivity index is 1.86. The zero-order valence-corrected chi connectivity index (χ0v) is 11.1. The third-order valence-electron chi connectivity index (χ3n) is 3.07. The highest BCUT2D eigenvalue weighted by atomic mass is 32.1. The number of nitrogens with one attached hydrogen (secondary N) is 1. The van der Waals surface area contributed by atoms with E-state index in [1.807, 2.05) is 0 Å². The molecule has 1 aliphatic carbocycles. The van der Waals surface area contributed by atoms with Crippen LogP contribution in [0.1, 0.15) is 24.1 Å². The van der Waals surface area contributed by atoms with Crippen molar-refractivity contribution in [2.45, 2.75) is 26.2 Å². The van der Waals surface area contributed by atoms with Gasteiger partial charge in [-0.15, -0.1) is 11.3 Å². The van der Waals surface area contributed by atoms with Gasteiger partial charge >= 0.3 is 0 Å². The molecule has 2 aromatic rings. The Kier molecular flexibility index (Phi) is 3.05. The van der Waals surface area contributed by atoms with Gasteiger partial charge in [-0.1, -0.05) is 12.8 Å². The quantitative estimate of drug-likeness (QED) is 0.641. The Hall–Kier alpha value is -1.40. The molecule has 6 heteroatoms. The smallest absolute Gasteiger partial charge is 0.241 e. The van der Waals surface area contributed by atoms with Gasteiger partial charge in [0.1, 0.15) is 4.83 Å². The Labute approximate surface area is 109 Å². The average molecular weight is 264 g/mol. The highest BCUT2D eigenvalue weighted by molar-refractivity contribution is 7.18. The average Bonchev–Trinajstić information content (AvgIpc) is 3.09. The summed E-state index contributed by atoms with van der Waals surface area (Å²) in [7, 11) is 0. The maximum Gasteiger partial charge on any atom is 0.241 e. The van der Waals surface area contributed by atoms with Gasteiger partial charge in [0, 0.05) is 4.88 Å². The molecule has 3 N–H and O–H groups in total. The summed E-state index contributed by atoms with van der Waals surface area (Å²) in [6.45, 7) is 2.77. The number of aryl methyl sites for hydroxylation is 1. The molecule has 18 heavy (non-hydrogen) atoms. The molecule has 0 atom stereocenters. The molecular formula is C12H16N4OS. The van der Waals surface area contributed by atoms with Gasteiger partial charge in [-0.2, -0.15) is 4.98 Å². The van der Waals surface area contributed by atoms with E-state index in [4.69, 9.17) is 10.6 Å². The second-order valence-electron chi connectivity index (χ2n) is 4.65. The minimum atomic E-state index is 0.408. The molecule has 1 fully saturated rings. The number of aromatic nitrogens is 2. The number of hydrogen-bond donors (Lipinski definition) is 2. The van der Waals surface area contributed by atoms with Crippen molar-refractivity contribution in [3.05, 3.63) is 10.9 Å². The van der Waals surface area contributed by atoms with Gasteiger partial charge in [-0.25, -0.2) is 10.8 Å². The Morgan fingerprint density at radius 1 is 1.50 bits per heavy atom. The lowest BCUT2D eigenvalue weighted by Crippen LogP contribution is -2.11. The third kappa shape index (κ3) is 2.39. The summed E-state index contributed by atoms with van der Waals surface area (Å²) in [6.07, 6.45) is 3.80. The van der Waals surface area contributed by atoms with Crippen LogP contribution in [0.2, 0.25) is 0 Å². The maximum atomic E-state index is 5.79. The number of nitrogens with two attached hydrogens (primary N) is 1. The molecule has 0 aromatic carbocycles. The number of nitrogens with zero attached hydrogens (tertiary/aromatic N) is 2. The fourth-order valence-electron chi connectivity index (χ4n) is 1.92. The van der Waals surface area contributed by atoms with Gasteiger partial charge in [0.2, 0.25) is 11.8 Å². The second-order valence-corrected chi connectivity index (χ2v) is 5.89. The predicted octanol–water partition coefficient (Wildman–Crippen LogP) is 2.46. The largest absolute Gasteiger partial charge is 0.477 e. The number of rotatable bonds is 5. The Bertz CT molecular complexity index is 564. The minimum absolute atomic E-state index is 0.408. The van der Waals surface area contributed by atoms with Crippen molar-refractivity contribution in [1.29, 1.82) is 0 Å². The third-order valence-corrected chi connectivity index (χ3v) is 4.02. The molecule has 0 amide bonds. The van der Waals surface area contributed by atoms with Gasteiger partial charge in [-0.05, 0) is 25.3 Å². The van der Waals surface area contributed by atoms with Crippen LogP contribution in [-0.2, 0) is 0 Å². The molecule has 0 saturated heterocycles. The van der Waals surface area contributed by atoms with E-state index in [9.17, 15) is 0 Å². The van der Waals surface area contributed by atoms with Gasteiger partial charge in [-0.3, -0.25) is 5.43 Å². The lowest BCUT2D eigenvalue weighted by Gasteiger charge is -2.07. The number of thiophene rings is 1. The molecule has 0 unspecified atom stereocenters. The topological polar surface area (TPSA) is 73.1 Å². The van der Waals surface area contributed by atoms with Crippen molar-refractivity contribution in [3.63, 3.8) is 0 Å². The van der Waals surface area contributed by atoms with Crippen molar-refractivity contribution in [2.75, 3.05) is 12.0 Å². The van der Waals surface area contributed by atoms with Crippen molar-refractivity contribution in [3.8, 4) is 5.88 Å². The summed E-state index contributed by atoms with van der Waals surface area (Å²) in [5.74, 6) is 7.28. The highest BCUT2D eigenvalue weighted by Crippen LogP contribution is 2.34. The first-order valence-electron chi connectivity index (χ1n) is 6.14. The van der Waals surface area contributed by atoms with Crippen LogP contribution in [0.15, 0.2) is 6.07 Å². The molecule has 0 spiro atoms. The van der Waals surface area contributed by atoms with Crippen molar-refractivity contribution in [2.24, 2.45) is 11.8 Å². The van der Waals surface area contributed by atoms with Crippen LogP contribution in [0.3, 0.4) is 0 Å². The summed E-state index contributed by atoms with van der Waals surface area (Å²) in [4.78, 5) is 10.7. The van der Waals surface area contributed by atoms with Crippen LogP contribution >= 0.6 is 11.3 Å². The summed E-state index contributed by atoms with van der Waals surface area (Å²) < 4.78 is 5.79. The van der Waals surface area contributed by atoms with Crippen LogP contribution in [0.4, 0.5) is 5.95 Å². The summed E-state index contributed by atoms with van der Waals surface area (Å²) in [6, 6.07) is 2.06. The molecule has 0 radical (unpaired) electrons. The highest BCUT2D eigenvalue weighted by Gasteiger charge is 2.21. The number of ether oxygens (including phenoxy) is 1. The van der Waals surface area contributed by atoms with E-state index in [2.05, 4.69) is 28.4 Å². The van der Waals surface area contributed by atoms with Gasteiger partial charge in [0.05, 0.1) is 12.0 Å². The molecule has 5 nitrogen and oxygen atoms in total. The standard InChI is InChI=1S/C12H16N4OS/c1-7-6-9-10(17-5-4-8-2-3-8)14-12(16-13)15-11(9)18-7/h6,8H,2-5,13H2,1H3,(H,14,15,16). The minimum Gasteiger partial charge on any atom is -0.477 e. The number of hydrogen-bond acceptors (Lipinski definition) is 6. The molecule has 0 bridgehead atoms. The van der Waals surface area contributed by atoms with Crippen molar-refractivity contribution in [1.82, 2.24) is 9.97 Å². The molecule has 1 saturated carbocycles. The van der Waals surface area contributed by atoms with Gasteiger partial charge in [0.25, 0.3) is 0 Å². The van der Waals surface area contributed by atoms with Crippen molar-refractivity contribution < 1.29 is 4.74 Å². The number of fused-ring (bicyclic) bond motifs is 1. The number of nitrogen functional groups attached to an aromatic ring is 1. The molecule has 1 aliphatic rings. The van der Waals surface area contributed by atoms with E-state index in [1.54, 1.807) is 11.3 Å². The fourth-order valence-corrected chi connectivity index (χ4v) is 2.79. The van der Waals surface area contributed by atoms with Crippen molar-refractivity contribution >= 4 is 27.5 Å². The van der Waals surface area contributed by atoms with E-state index >= 15 is 0 Å². The lowest BCUT2D eigenvalue weighted by atomic mass is 10.3. The van der Waals surface area contributed by atoms with Crippen LogP contribution in [-0.4, -0.2) is 16.6 Å². The monoisotopic (exact) mass is 264 g/mol. The van der Waals surface area contributed by atoms with Crippen LogP contribution < -0.4 is 16.0 Å². The SMILES string of the molecule is Cc1cc2c(OCCC3CC3)nc(NN)nc2s1. The zero-order valence-electron chi connectivity index (χ0n) is 10.3. The number of anilines is 1. The van der Waals surface area contributed by atoms with Crippen LogP contribution in [0, 0.1) is 12.8 Å². The first-order valence-corrected chi connectivity index (χ1v) is 6.95. The van der Waals surface area contributed by atoms with Crippen LogP contribution in [0.25, 0.3) is 10.2 Å². The molecule has 3 rings (SSSR count). The second kappa shape index (κ2) is 4.70. The first kappa shape index (κ1) is 11.7. The molecule has 0 aliphatic heterocycles. The molecule has 2 heterocycles. The Morgan fingerprint density at radius 2 is 2.33 bits per heavy atom. The Morgan fingerprint density at radius 3 is 3.06 bits per heavy atom. The van der Waals surface area contributed by atoms with Crippen LogP contribution in [0.5, 0.6) is 5.88 Å². The normalized spacial score (nSPS) is 15.0. The zero-order chi connectivity index (χ0) is 12.5. The maximum absolute atomic E-state index is 5.79. The summed E-state index contributed by atoms with van der Waals surface area (Å²) in [5.41, 5.74) is 2.48. The van der Waals surface area contributed by atoms with Gasteiger partial charge < -0.3 is 4.74 Å². The lowest BCUT2D eigenvalue weighted by molar-refractivity contribution is 0.295. The molecule has 2 aromatic heterocycles. The molecule has 96 valence electrons. The first-order chi connectivity index (χ1) is 8.76. The van der Waals surface area contributed by atoms with E-state index in [1.165, 1.54) is 17.7 Å². The number of hydrazine groups is 1. The predicted molar refractivity (Wildman–Crippen MR) is 72.8 cm³/mol.